The van der Waals surface area contributed by atoms with E-state index in [0.717, 1.165) is 41.0 Å². The number of ether oxygens (including phenoxy) is 1. The second-order valence-corrected chi connectivity index (χ2v) is 7.95. The van der Waals surface area contributed by atoms with Crippen LogP contribution < -0.4 is 4.74 Å². The number of hydrogen-bond donors (Lipinski definition) is 0. The Morgan fingerprint density at radius 3 is 1.39 bits per heavy atom. The minimum Gasteiger partial charge on any atom is -0.457 e. The van der Waals surface area contributed by atoms with Crippen LogP contribution in [-0.4, -0.2) is 5.78 Å². The molecule has 0 N–H and O–H groups in total. The summed E-state index contributed by atoms with van der Waals surface area (Å²) < 4.78 is 5.90. The van der Waals surface area contributed by atoms with Gasteiger partial charge >= 0.3 is 0 Å². The molecule has 0 amide bonds. The maximum Gasteiger partial charge on any atom is 0.193 e. The second kappa shape index (κ2) is 9.44. The van der Waals surface area contributed by atoms with Gasteiger partial charge in [0, 0.05) is 11.1 Å². The highest BCUT2D eigenvalue weighted by Gasteiger charge is 2.08. The first kappa shape index (κ1) is 20.6. The van der Waals surface area contributed by atoms with Crippen LogP contribution >= 0.6 is 0 Å². The fourth-order valence-corrected chi connectivity index (χ4v) is 3.45. The van der Waals surface area contributed by atoms with Crippen molar-refractivity contribution in [3.8, 4) is 11.5 Å². The summed E-state index contributed by atoms with van der Waals surface area (Å²) in [4.78, 5) is 12.6. The number of benzene rings is 4. The molecule has 0 bridgehead atoms. The number of ketones is 1. The molecular weight excluding hydrogens is 380 g/mol. The number of carbonyl (C=O) groups excluding carboxylic acids is 1. The van der Waals surface area contributed by atoms with Crippen molar-refractivity contribution in [2.45, 2.75) is 26.7 Å². The summed E-state index contributed by atoms with van der Waals surface area (Å²) in [6.07, 6.45) is 1.87. The molecule has 0 fully saturated rings. The Labute approximate surface area is 184 Å². The molecule has 0 aliphatic carbocycles. The van der Waals surface area contributed by atoms with E-state index in [9.17, 15) is 4.79 Å². The lowest BCUT2D eigenvalue weighted by Crippen LogP contribution is -2.01. The van der Waals surface area contributed by atoms with Gasteiger partial charge in [0.15, 0.2) is 5.78 Å². The van der Waals surface area contributed by atoms with Gasteiger partial charge in [0.1, 0.15) is 11.5 Å². The van der Waals surface area contributed by atoms with E-state index >= 15 is 0 Å². The number of carbonyl (C=O) groups is 1. The summed E-state index contributed by atoms with van der Waals surface area (Å²) in [5.74, 6) is 1.75. The van der Waals surface area contributed by atoms with Crippen LogP contribution in [0.25, 0.3) is 0 Å². The summed E-state index contributed by atoms with van der Waals surface area (Å²) in [6.45, 7) is 4.09. The van der Waals surface area contributed by atoms with Crippen LogP contribution in [0, 0.1) is 13.8 Å². The number of hydrogen-bond acceptors (Lipinski definition) is 2. The average Bonchev–Trinajstić information content (AvgIpc) is 2.80. The SMILES string of the molecule is Cc1ccc(Oc2ccc(CCc3ccc(C(=O)c4ccc(C)cc4)cc3)cc2)cc1. The highest BCUT2D eigenvalue weighted by molar-refractivity contribution is 6.08. The summed E-state index contributed by atoms with van der Waals surface area (Å²) >= 11 is 0. The molecule has 0 aromatic heterocycles. The van der Waals surface area contributed by atoms with E-state index in [1.165, 1.54) is 16.7 Å². The summed E-state index contributed by atoms with van der Waals surface area (Å²) in [5, 5.41) is 0. The molecule has 31 heavy (non-hydrogen) atoms. The van der Waals surface area contributed by atoms with E-state index in [2.05, 4.69) is 31.2 Å². The van der Waals surface area contributed by atoms with Gasteiger partial charge in [-0.1, -0.05) is 83.9 Å². The van der Waals surface area contributed by atoms with Crippen LogP contribution in [0.1, 0.15) is 38.2 Å². The summed E-state index contributed by atoms with van der Waals surface area (Å²) in [5.41, 5.74) is 6.31. The molecule has 4 aromatic carbocycles. The third kappa shape index (κ3) is 5.49. The molecule has 4 aromatic rings. The van der Waals surface area contributed by atoms with Crippen molar-refractivity contribution in [3.63, 3.8) is 0 Å². The van der Waals surface area contributed by atoms with Crippen molar-refractivity contribution in [2.24, 2.45) is 0 Å². The molecule has 154 valence electrons. The molecule has 0 unspecified atom stereocenters. The first-order valence-corrected chi connectivity index (χ1v) is 10.6. The third-order valence-corrected chi connectivity index (χ3v) is 5.41. The van der Waals surface area contributed by atoms with Crippen molar-refractivity contribution in [1.82, 2.24) is 0 Å². The van der Waals surface area contributed by atoms with Crippen LogP contribution in [0.4, 0.5) is 0 Å². The van der Waals surface area contributed by atoms with Gasteiger partial charge in [0.25, 0.3) is 0 Å². The van der Waals surface area contributed by atoms with Crippen molar-refractivity contribution >= 4 is 5.78 Å². The highest BCUT2D eigenvalue weighted by atomic mass is 16.5. The molecule has 0 radical (unpaired) electrons. The Balaban J connectivity index is 1.33. The minimum atomic E-state index is 0.0655. The topological polar surface area (TPSA) is 26.3 Å². The molecule has 2 heteroatoms. The van der Waals surface area contributed by atoms with E-state index in [0.29, 0.717) is 0 Å². The van der Waals surface area contributed by atoms with Gasteiger partial charge < -0.3 is 4.74 Å². The molecular formula is C29H26O2. The summed E-state index contributed by atoms with van der Waals surface area (Å²) in [6, 6.07) is 32.0. The Hall–Kier alpha value is -3.65. The van der Waals surface area contributed by atoms with E-state index < -0.39 is 0 Å². The molecule has 0 saturated heterocycles. The maximum absolute atomic E-state index is 12.6. The first-order valence-electron chi connectivity index (χ1n) is 10.6. The smallest absolute Gasteiger partial charge is 0.193 e. The molecule has 4 rings (SSSR count). The van der Waals surface area contributed by atoms with Gasteiger partial charge in [0.05, 0.1) is 0 Å². The van der Waals surface area contributed by atoms with Crippen molar-refractivity contribution in [2.75, 3.05) is 0 Å². The predicted octanol–water partition coefficient (Wildman–Crippen LogP) is 7.11. The first-order chi connectivity index (χ1) is 15.1. The fourth-order valence-electron chi connectivity index (χ4n) is 3.45. The Kier molecular flexibility index (Phi) is 6.28. The van der Waals surface area contributed by atoms with Gasteiger partial charge in [-0.3, -0.25) is 4.79 Å². The quantitative estimate of drug-likeness (QED) is 0.306. The van der Waals surface area contributed by atoms with Crippen LogP contribution in [0.3, 0.4) is 0 Å². The van der Waals surface area contributed by atoms with Crippen LogP contribution in [-0.2, 0) is 12.8 Å². The zero-order chi connectivity index (χ0) is 21.6. The van der Waals surface area contributed by atoms with E-state index in [1.54, 1.807) is 0 Å². The average molecular weight is 407 g/mol. The van der Waals surface area contributed by atoms with Crippen LogP contribution in [0.5, 0.6) is 11.5 Å². The van der Waals surface area contributed by atoms with Crippen molar-refractivity contribution < 1.29 is 9.53 Å². The zero-order valence-electron chi connectivity index (χ0n) is 18.0. The Bertz CT molecular complexity index is 1140. The monoisotopic (exact) mass is 406 g/mol. The molecule has 0 aliphatic rings. The lowest BCUT2D eigenvalue weighted by atomic mass is 9.99. The van der Waals surface area contributed by atoms with E-state index in [4.69, 9.17) is 4.74 Å². The van der Waals surface area contributed by atoms with Crippen LogP contribution in [0.15, 0.2) is 97.1 Å². The van der Waals surface area contributed by atoms with Gasteiger partial charge in [-0.05, 0) is 62.1 Å². The second-order valence-electron chi connectivity index (χ2n) is 7.95. The van der Waals surface area contributed by atoms with Crippen molar-refractivity contribution in [3.05, 3.63) is 130 Å². The van der Waals surface area contributed by atoms with Crippen molar-refractivity contribution in [1.29, 1.82) is 0 Å². The van der Waals surface area contributed by atoms with Gasteiger partial charge in [0.2, 0.25) is 0 Å². The Morgan fingerprint density at radius 2 is 0.903 bits per heavy atom. The predicted molar refractivity (Wildman–Crippen MR) is 126 cm³/mol. The van der Waals surface area contributed by atoms with Crippen LogP contribution in [0.2, 0.25) is 0 Å². The molecule has 0 aliphatic heterocycles. The molecule has 0 atom stereocenters. The molecule has 0 saturated carbocycles. The van der Waals surface area contributed by atoms with Gasteiger partial charge in [-0.25, -0.2) is 0 Å². The third-order valence-electron chi connectivity index (χ3n) is 5.41. The molecule has 2 nitrogen and oxygen atoms in total. The zero-order valence-corrected chi connectivity index (χ0v) is 18.0. The standard InChI is InChI=1S/C29H26O2/c1-21-3-13-25(14-4-21)29(30)26-15-9-23(10-16-26)7-8-24-11-19-28(20-12-24)31-27-17-5-22(2)6-18-27/h3-6,9-20H,7-8H2,1-2H3. The maximum atomic E-state index is 12.6. The lowest BCUT2D eigenvalue weighted by molar-refractivity contribution is 0.103. The highest BCUT2D eigenvalue weighted by Crippen LogP contribution is 2.22. The van der Waals surface area contributed by atoms with E-state index in [-0.39, 0.29) is 5.78 Å². The molecule has 0 spiro atoms. The number of rotatable bonds is 7. The Morgan fingerprint density at radius 1 is 0.548 bits per heavy atom. The largest absolute Gasteiger partial charge is 0.457 e. The molecule has 0 heterocycles. The fraction of sp³-hybridized carbons (Fsp3) is 0.138. The van der Waals surface area contributed by atoms with Gasteiger partial charge in [-0.15, -0.1) is 0 Å². The van der Waals surface area contributed by atoms with Gasteiger partial charge in [-0.2, -0.15) is 0 Å². The minimum absolute atomic E-state index is 0.0655. The lowest BCUT2D eigenvalue weighted by Gasteiger charge is -2.08. The summed E-state index contributed by atoms with van der Waals surface area (Å²) in [7, 11) is 0. The number of aryl methyl sites for hydroxylation is 4. The van der Waals surface area contributed by atoms with E-state index in [1.807, 2.05) is 79.7 Å². The normalized spacial score (nSPS) is 10.6.